The van der Waals surface area contributed by atoms with E-state index in [2.05, 4.69) is 0 Å². The van der Waals surface area contributed by atoms with E-state index in [1.807, 2.05) is 13.8 Å². The lowest BCUT2D eigenvalue weighted by atomic mass is 9.62. The Bertz CT molecular complexity index is 647. The lowest BCUT2D eigenvalue weighted by molar-refractivity contribution is -0.322. The summed E-state index contributed by atoms with van der Waals surface area (Å²) in [5.74, 6) is -0.128. The Morgan fingerprint density at radius 3 is 2.36 bits per heavy atom. The van der Waals surface area contributed by atoms with E-state index >= 15 is 0 Å². The molecular weight excluding hydrogens is 372 g/mol. The van der Waals surface area contributed by atoms with Crippen LogP contribution in [-0.4, -0.2) is 92.0 Å². The largest absolute Gasteiger partial charge is 0.394 e. The van der Waals surface area contributed by atoms with Gasteiger partial charge in [-0.3, -0.25) is 4.79 Å². The number of ketones is 1. The highest BCUT2D eigenvalue weighted by Gasteiger charge is 2.79. The standard InChI is InChI=1S/C19H30O9/c1-9(21)5-6-19-17(2,3)7-10(15(25)18(19,4)28-19)26-16-14(24)13(23)12(22)11(8-20)27-16/h5-6,10-16,20,22-25H,7-8H2,1-4H3. The second-order valence-corrected chi connectivity index (χ2v) is 8.79. The van der Waals surface area contributed by atoms with Crippen LogP contribution >= 0.6 is 0 Å². The summed E-state index contributed by atoms with van der Waals surface area (Å²) in [6.45, 7) is 6.45. The van der Waals surface area contributed by atoms with Gasteiger partial charge in [-0.15, -0.1) is 0 Å². The molecule has 9 nitrogen and oxygen atoms in total. The molecule has 9 atom stereocenters. The maximum Gasteiger partial charge on any atom is 0.187 e. The van der Waals surface area contributed by atoms with Gasteiger partial charge in [0.15, 0.2) is 12.1 Å². The second-order valence-electron chi connectivity index (χ2n) is 8.79. The Balaban J connectivity index is 1.80. The van der Waals surface area contributed by atoms with Gasteiger partial charge < -0.3 is 39.7 Å². The first-order valence-electron chi connectivity index (χ1n) is 9.44. The summed E-state index contributed by atoms with van der Waals surface area (Å²) >= 11 is 0. The zero-order chi connectivity index (χ0) is 21.1. The van der Waals surface area contributed by atoms with Gasteiger partial charge in [0.2, 0.25) is 0 Å². The number of rotatable bonds is 5. The molecule has 2 aliphatic heterocycles. The summed E-state index contributed by atoms with van der Waals surface area (Å²) in [6.07, 6.45) is -5.49. The van der Waals surface area contributed by atoms with Gasteiger partial charge >= 0.3 is 0 Å². The van der Waals surface area contributed by atoms with E-state index in [0.29, 0.717) is 6.42 Å². The molecule has 0 radical (unpaired) electrons. The van der Waals surface area contributed by atoms with Gasteiger partial charge in [-0.25, -0.2) is 0 Å². The molecule has 2 saturated heterocycles. The monoisotopic (exact) mass is 402 g/mol. The van der Waals surface area contributed by atoms with E-state index in [4.69, 9.17) is 14.2 Å². The summed E-state index contributed by atoms with van der Waals surface area (Å²) in [6, 6.07) is 0. The minimum atomic E-state index is -1.56. The summed E-state index contributed by atoms with van der Waals surface area (Å²) in [4.78, 5) is 11.4. The van der Waals surface area contributed by atoms with Crippen molar-refractivity contribution in [2.45, 2.75) is 88.2 Å². The van der Waals surface area contributed by atoms with E-state index in [9.17, 15) is 30.3 Å². The number of aliphatic hydroxyl groups excluding tert-OH is 5. The fourth-order valence-electron chi connectivity index (χ4n) is 4.65. The first-order valence-corrected chi connectivity index (χ1v) is 9.44. The molecule has 1 aliphatic carbocycles. The number of allylic oxidation sites excluding steroid dienone is 1. The molecule has 0 bridgehead atoms. The van der Waals surface area contributed by atoms with Gasteiger partial charge in [0.25, 0.3) is 0 Å². The maximum absolute atomic E-state index is 11.4. The molecule has 5 N–H and O–H groups in total. The molecular formula is C19H30O9. The highest BCUT2D eigenvalue weighted by molar-refractivity contribution is 5.87. The van der Waals surface area contributed by atoms with Crippen molar-refractivity contribution in [2.24, 2.45) is 5.41 Å². The van der Waals surface area contributed by atoms with Crippen LogP contribution in [0.1, 0.15) is 34.1 Å². The molecule has 9 unspecified atom stereocenters. The van der Waals surface area contributed by atoms with Gasteiger partial charge in [0.05, 0.1) is 12.7 Å². The number of fused-ring (bicyclic) bond motifs is 1. The maximum atomic E-state index is 11.4. The molecule has 3 rings (SSSR count). The van der Waals surface area contributed by atoms with Crippen LogP contribution in [0.15, 0.2) is 12.2 Å². The second kappa shape index (κ2) is 7.10. The first-order chi connectivity index (χ1) is 12.9. The van der Waals surface area contributed by atoms with Crippen molar-refractivity contribution in [3.63, 3.8) is 0 Å². The Morgan fingerprint density at radius 2 is 1.79 bits per heavy atom. The van der Waals surface area contributed by atoms with E-state index in [1.165, 1.54) is 13.0 Å². The van der Waals surface area contributed by atoms with Crippen LogP contribution in [0.25, 0.3) is 0 Å². The van der Waals surface area contributed by atoms with Crippen molar-refractivity contribution in [1.29, 1.82) is 0 Å². The van der Waals surface area contributed by atoms with Crippen LogP contribution in [-0.2, 0) is 19.0 Å². The fourth-order valence-corrected chi connectivity index (χ4v) is 4.65. The number of aliphatic hydroxyl groups is 5. The molecule has 1 saturated carbocycles. The number of carbonyl (C=O) groups excluding carboxylic acids is 1. The topological polar surface area (TPSA) is 149 Å². The molecule has 0 aromatic heterocycles. The number of ether oxygens (including phenoxy) is 3. The smallest absolute Gasteiger partial charge is 0.187 e. The number of epoxide rings is 1. The number of carbonyl (C=O) groups is 1. The molecule has 0 amide bonds. The lowest BCUT2D eigenvalue weighted by Gasteiger charge is -2.46. The van der Waals surface area contributed by atoms with Crippen molar-refractivity contribution < 1.29 is 44.5 Å². The Morgan fingerprint density at radius 1 is 1.14 bits per heavy atom. The number of hydrogen-bond donors (Lipinski definition) is 5. The van der Waals surface area contributed by atoms with Gasteiger partial charge in [-0.1, -0.05) is 13.8 Å². The Hall–Kier alpha value is -0.910. The fraction of sp³-hybridized carbons (Fsp3) is 0.842. The molecule has 0 aromatic rings. The quantitative estimate of drug-likeness (QED) is 0.277. The van der Waals surface area contributed by atoms with Gasteiger partial charge in [-0.05, 0) is 32.4 Å². The van der Waals surface area contributed by atoms with Crippen LogP contribution in [0.3, 0.4) is 0 Å². The van der Waals surface area contributed by atoms with Crippen molar-refractivity contribution in [3.8, 4) is 0 Å². The molecule has 2 heterocycles. The highest BCUT2D eigenvalue weighted by Crippen LogP contribution is 2.66. The average Bonchev–Trinajstić information content (AvgIpc) is 3.27. The van der Waals surface area contributed by atoms with Crippen molar-refractivity contribution in [2.75, 3.05) is 6.61 Å². The van der Waals surface area contributed by atoms with E-state index in [0.717, 1.165) is 0 Å². The first kappa shape index (κ1) is 21.8. The molecule has 160 valence electrons. The van der Waals surface area contributed by atoms with Gasteiger partial charge in [0, 0.05) is 5.41 Å². The van der Waals surface area contributed by atoms with Crippen LogP contribution in [0.5, 0.6) is 0 Å². The molecule has 3 fully saturated rings. The lowest BCUT2D eigenvalue weighted by Crippen LogP contribution is -2.62. The predicted molar refractivity (Wildman–Crippen MR) is 95.1 cm³/mol. The third kappa shape index (κ3) is 3.14. The minimum Gasteiger partial charge on any atom is -0.394 e. The third-order valence-corrected chi connectivity index (χ3v) is 6.41. The summed E-state index contributed by atoms with van der Waals surface area (Å²) in [5, 5.41) is 50.2. The zero-order valence-electron chi connectivity index (χ0n) is 16.5. The summed E-state index contributed by atoms with van der Waals surface area (Å²) < 4.78 is 17.1. The Labute approximate surface area is 163 Å². The van der Waals surface area contributed by atoms with Crippen molar-refractivity contribution in [1.82, 2.24) is 0 Å². The van der Waals surface area contributed by atoms with Crippen LogP contribution in [0.4, 0.5) is 0 Å². The molecule has 9 heteroatoms. The Kier molecular flexibility index (Phi) is 5.53. The average molecular weight is 402 g/mol. The summed E-state index contributed by atoms with van der Waals surface area (Å²) in [5.41, 5.74) is -2.36. The predicted octanol–water partition coefficient (Wildman–Crippen LogP) is -1.36. The number of hydrogen-bond acceptors (Lipinski definition) is 9. The van der Waals surface area contributed by atoms with E-state index in [1.54, 1.807) is 13.0 Å². The van der Waals surface area contributed by atoms with E-state index in [-0.39, 0.29) is 5.78 Å². The van der Waals surface area contributed by atoms with E-state index < -0.39 is 66.1 Å². The molecule has 3 aliphatic rings. The molecule has 0 spiro atoms. The normalized spacial score (nSPS) is 50.4. The van der Waals surface area contributed by atoms with Crippen LogP contribution < -0.4 is 0 Å². The summed E-state index contributed by atoms with van der Waals surface area (Å²) in [7, 11) is 0. The van der Waals surface area contributed by atoms with Crippen LogP contribution in [0.2, 0.25) is 0 Å². The van der Waals surface area contributed by atoms with Crippen LogP contribution in [0, 0.1) is 5.41 Å². The van der Waals surface area contributed by atoms with Crippen molar-refractivity contribution >= 4 is 5.78 Å². The van der Waals surface area contributed by atoms with Gasteiger partial charge in [-0.2, -0.15) is 0 Å². The molecule has 0 aromatic carbocycles. The third-order valence-electron chi connectivity index (χ3n) is 6.41. The zero-order valence-corrected chi connectivity index (χ0v) is 16.5. The SMILES string of the molecule is CC(=O)C=CC12OC1(C)C(O)C(OC1OC(CO)C(O)C(O)C1O)CC2(C)C. The minimum absolute atomic E-state index is 0.128. The van der Waals surface area contributed by atoms with Gasteiger partial charge in [0.1, 0.15) is 41.7 Å². The van der Waals surface area contributed by atoms with Crippen molar-refractivity contribution in [3.05, 3.63) is 12.2 Å². The molecule has 28 heavy (non-hydrogen) atoms. The highest BCUT2D eigenvalue weighted by atomic mass is 16.7.